The van der Waals surface area contributed by atoms with E-state index in [-0.39, 0.29) is 5.91 Å². The Bertz CT molecular complexity index is 595. The van der Waals surface area contributed by atoms with Crippen molar-refractivity contribution in [1.29, 1.82) is 0 Å². The minimum Gasteiger partial charge on any atom is -0.480 e. The second-order valence-corrected chi connectivity index (χ2v) is 4.08. The molecule has 3 rings (SSSR count). The molecule has 1 unspecified atom stereocenters. The van der Waals surface area contributed by atoms with Crippen molar-refractivity contribution in [1.82, 2.24) is 5.43 Å². The molecule has 4 heteroatoms. The highest BCUT2D eigenvalue weighted by Gasteiger charge is 2.29. The number of amides is 1. The number of hydrogen-bond donors (Lipinski definition) is 2. The molecular formula is C13H12N2O2. The zero-order valence-electron chi connectivity index (χ0n) is 9.14. The minimum atomic E-state index is -0.513. The number of nitrogens with two attached hydrogens (primary N) is 1. The molecule has 0 aliphatic carbocycles. The lowest BCUT2D eigenvalue weighted by Crippen LogP contribution is -2.41. The molecule has 0 radical (unpaired) electrons. The van der Waals surface area contributed by atoms with Gasteiger partial charge in [0.15, 0.2) is 6.10 Å². The Balaban J connectivity index is 2.08. The van der Waals surface area contributed by atoms with Crippen LogP contribution in [0.15, 0.2) is 36.4 Å². The Morgan fingerprint density at radius 3 is 2.94 bits per heavy atom. The maximum Gasteiger partial charge on any atom is 0.275 e. The van der Waals surface area contributed by atoms with Crippen LogP contribution in [0.5, 0.6) is 5.75 Å². The van der Waals surface area contributed by atoms with Crippen LogP contribution in [0.25, 0.3) is 10.8 Å². The van der Waals surface area contributed by atoms with Crippen molar-refractivity contribution in [3.05, 3.63) is 42.0 Å². The average Bonchev–Trinajstić information content (AvgIpc) is 2.82. The number of benzene rings is 2. The van der Waals surface area contributed by atoms with Gasteiger partial charge in [-0.25, -0.2) is 5.84 Å². The van der Waals surface area contributed by atoms with Crippen LogP contribution in [0.2, 0.25) is 0 Å². The number of carbonyl (C=O) groups is 1. The molecule has 17 heavy (non-hydrogen) atoms. The molecule has 0 bridgehead atoms. The smallest absolute Gasteiger partial charge is 0.275 e. The first-order valence-corrected chi connectivity index (χ1v) is 5.47. The van der Waals surface area contributed by atoms with E-state index in [0.29, 0.717) is 6.42 Å². The second kappa shape index (κ2) is 3.75. The predicted octanol–water partition coefficient (Wildman–Crippen LogP) is 1.13. The number of fused-ring (bicyclic) bond motifs is 3. The van der Waals surface area contributed by atoms with Gasteiger partial charge in [-0.2, -0.15) is 0 Å². The molecular weight excluding hydrogens is 216 g/mol. The lowest BCUT2D eigenvalue weighted by atomic mass is 10.0. The molecule has 86 valence electrons. The number of hydrazine groups is 1. The highest BCUT2D eigenvalue weighted by Crippen LogP contribution is 2.34. The summed E-state index contributed by atoms with van der Waals surface area (Å²) in [6, 6.07) is 12.0. The third-order valence-corrected chi connectivity index (χ3v) is 3.09. The van der Waals surface area contributed by atoms with Gasteiger partial charge < -0.3 is 4.74 Å². The Morgan fingerprint density at radius 2 is 2.12 bits per heavy atom. The van der Waals surface area contributed by atoms with Crippen LogP contribution >= 0.6 is 0 Å². The van der Waals surface area contributed by atoms with E-state index < -0.39 is 6.10 Å². The van der Waals surface area contributed by atoms with Gasteiger partial charge in [0.05, 0.1) is 0 Å². The maximum absolute atomic E-state index is 11.5. The van der Waals surface area contributed by atoms with E-state index in [0.717, 1.165) is 22.1 Å². The summed E-state index contributed by atoms with van der Waals surface area (Å²) in [5, 5.41) is 2.29. The zero-order valence-corrected chi connectivity index (χ0v) is 9.14. The van der Waals surface area contributed by atoms with Gasteiger partial charge in [-0.1, -0.05) is 30.3 Å². The summed E-state index contributed by atoms with van der Waals surface area (Å²) < 4.78 is 5.58. The zero-order chi connectivity index (χ0) is 11.8. The van der Waals surface area contributed by atoms with Gasteiger partial charge in [0, 0.05) is 12.0 Å². The van der Waals surface area contributed by atoms with Gasteiger partial charge in [0.25, 0.3) is 5.91 Å². The van der Waals surface area contributed by atoms with Gasteiger partial charge in [0.2, 0.25) is 0 Å². The molecule has 3 N–H and O–H groups in total. The molecule has 2 aromatic carbocycles. The molecule has 4 nitrogen and oxygen atoms in total. The minimum absolute atomic E-state index is 0.287. The van der Waals surface area contributed by atoms with E-state index in [2.05, 4.69) is 5.43 Å². The number of hydrogen-bond acceptors (Lipinski definition) is 3. The van der Waals surface area contributed by atoms with Crippen LogP contribution in [0.3, 0.4) is 0 Å². The van der Waals surface area contributed by atoms with E-state index in [1.54, 1.807) is 0 Å². The van der Waals surface area contributed by atoms with Crippen molar-refractivity contribution in [3.63, 3.8) is 0 Å². The first-order chi connectivity index (χ1) is 8.29. The van der Waals surface area contributed by atoms with Crippen molar-refractivity contribution in [2.24, 2.45) is 5.84 Å². The number of nitrogens with one attached hydrogen (secondary N) is 1. The molecule has 0 saturated heterocycles. The fraction of sp³-hybridized carbons (Fsp3) is 0.154. The Kier molecular flexibility index (Phi) is 2.23. The monoisotopic (exact) mass is 228 g/mol. The highest BCUT2D eigenvalue weighted by atomic mass is 16.5. The van der Waals surface area contributed by atoms with E-state index in [1.807, 2.05) is 36.4 Å². The molecule has 1 atom stereocenters. The summed E-state index contributed by atoms with van der Waals surface area (Å²) in [7, 11) is 0. The molecule has 1 aliphatic heterocycles. The predicted molar refractivity (Wildman–Crippen MR) is 64.4 cm³/mol. The quantitative estimate of drug-likeness (QED) is 0.437. The van der Waals surface area contributed by atoms with Crippen LogP contribution in [0.4, 0.5) is 0 Å². The van der Waals surface area contributed by atoms with Crippen LogP contribution in [0, 0.1) is 0 Å². The standard InChI is InChI=1S/C13H12N2O2/c14-15-13(16)12-7-10-9-4-2-1-3-8(9)5-6-11(10)17-12/h1-6,12H,7,14H2,(H,15,16). The summed E-state index contributed by atoms with van der Waals surface area (Å²) >= 11 is 0. The summed E-state index contributed by atoms with van der Waals surface area (Å²) in [5.41, 5.74) is 3.21. The summed E-state index contributed by atoms with van der Waals surface area (Å²) in [4.78, 5) is 11.5. The fourth-order valence-electron chi connectivity index (χ4n) is 2.26. The number of ether oxygens (including phenoxy) is 1. The Labute approximate surface area is 98.3 Å². The van der Waals surface area contributed by atoms with Crippen molar-refractivity contribution in [3.8, 4) is 5.75 Å². The van der Waals surface area contributed by atoms with Crippen LogP contribution < -0.4 is 16.0 Å². The van der Waals surface area contributed by atoms with E-state index in [1.165, 1.54) is 0 Å². The fourth-order valence-corrected chi connectivity index (χ4v) is 2.26. The average molecular weight is 228 g/mol. The van der Waals surface area contributed by atoms with Crippen LogP contribution in [-0.2, 0) is 11.2 Å². The summed E-state index contributed by atoms with van der Waals surface area (Å²) in [5.74, 6) is 5.61. The topological polar surface area (TPSA) is 64.3 Å². The first-order valence-electron chi connectivity index (χ1n) is 5.47. The lowest BCUT2D eigenvalue weighted by Gasteiger charge is -2.07. The third-order valence-electron chi connectivity index (χ3n) is 3.09. The summed E-state index contributed by atoms with van der Waals surface area (Å²) in [6.45, 7) is 0. The molecule has 1 aliphatic rings. The van der Waals surface area contributed by atoms with Crippen LogP contribution in [-0.4, -0.2) is 12.0 Å². The molecule has 0 spiro atoms. The molecule has 1 amide bonds. The van der Waals surface area contributed by atoms with Gasteiger partial charge in [-0.15, -0.1) is 0 Å². The normalized spacial score (nSPS) is 17.6. The van der Waals surface area contributed by atoms with Gasteiger partial charge >= 0.3 is 0 Å². The van der Waals surface area contributed by atoms with Crippen molar-refractivity contribution in [2.45, 2.75) is 12.5 Å². The Morgan fingerprint density at radius 1 is 1.29 bits per heavy atom. The largest absolute Gasteiger partial charge is 0.480 e. The molecule has 0 fully saturated rings. The number of rotatable bonds is 1. The molecule has 0 saturated carbocycles. The van der Waals surface area contributed by atoms with Crippen molar-refractivity contribution >= 4 is 16.7 Å². The van der Waals surface area contributed by atoms with Crippen molar-refractivity contribution in [2.75, 3.05) is 0 Å². The second-order valence-electron chi connectivity index (χ2n) is 4.08. The third kappa shape index (κ3) is 1.54. The van der Waals surface area contributed by atoms with E-state index >= 15 is 0 Å². The SMILES string of the molecule is NNC(=O)C1Cc2c(ccc3ccccc23)O1. The van der Waals surface area contributed by atoms with Crippen LogP contribution in [0.1, 0.15) is 5.56 Å². The number of carbonyl (C=O) groups excluding carboxylic acids is 1. The van der Waals surface area contributed by atoms with E-state index in [4.69, 9.17) is 10.6 Å². The lowest BCUT2D eigenvalue weighted by molar-refractivity contribution is -0.127. The molecule has 0 aromatic heterocycles. The van der Waals surface area contributed by atoms with E-state index in [9.17, 15) is 4.79 Å². The van der Waals surface area contributed by atoms with Gasteiger partial charge in [0.1, 0.15) is 5.75 Å². The maximum atomic E-state index is 11.5. The Hall–Kier alpha value is -2.07. The first kappa shape index (κ1) is 10.1. The molecule has 2 aromatic rings. The molecule has 1 heterocycles. The van der Waals surface area contributed by atoms with Gasteiger partial charge in [-0.3, -0.25) is 10.2 Å². The van der Waals surface area contributed by atoms with Gasteiger partial charge in [-0.05, 0) is 16.8 Å². The highest BCUT2D eigenvalue weighted by molar-refractivity contribution is 5.90. The summed E-state index contributed by atoms with van der Waals surface area (Å²) in [6.07, 6.45) is 0.0560. The van der Waals surface area contributed by atoms with Crippen molar-refractivity contribution < 1.29 is 9.53 Å².